The molecule has 504 valence electrons. The van der Waals surface area contributed by atoms with Gasteiger partial charge in [-0.15, -0.1) is 0 Å². The number of ketones is 1. The SMILES string of the molecule is C=C1C[C@@H]2CC[C@@]34C[C@H]5OC6C(O[C@H]7CC[C@H](CC(=O)C[C@@H]8[C@@H](OC)[C@@H](C[C@H](O)CNC(=O)[C@H](CCCNC(N)=O)NC(=O)[C@@H](NC(=O)CN9CCN(C(=O)CCCN%10C(=O)C=CC%10=O)CC9)C(C)C)O[C@H]8C[C@H]8O[C@@H](CC[C@@H]1O2)C[C@@H](C)C8=C)O[C@@H]7[C@@H]6O3)[C@H]5O4. The van der Waals surface area contributed by atoms with Crippen LogP contribution in [0.5, 0.6) is 0 Å². The van der Waals surface area contributed by atoms with Crippen molar-refractivity contribution in [2.45, 2.75) is 245 Å². The van der Waals surface area contributed by atoms with Gasteiger partial charge in [-0.3, -0.25) is 43.4 Å². The first-order valence-corrected chi connectivity index (χ1v) is 33.4. The number of fused-ring (bicyclic) bond motifs is 6. The predicted octanol–water partition coefficient (Wildman–Crippen LogP) is 1.52. The van der Waals surface area contributed by atoms with E-state index in [-0.39, 0.29) is 131 Å². The van der Waals surface area contributed by atoms with Gasteiger partial charge in [-0.2, -0.15) is 0 Å². The van der Waals surface area contributed by atoms with Crippen LogP contribution in [-0.2, 0) is 76.2 Å². The molecule has 1 spiro atoms. The van der Waals surface area contributed by atoms with E-state index in [0.717, 1.165) is 48.2 Å². The van der Waals surface area contributed by atoms with E-state index >= 15 is 0 Å². The molecule has 0 saturated carbocycles. The van der Waals surface area contributed by atoms with Crippen molar-refractivity contribution in [3.05, 3.63) is 36.5 Å². The highest BCUT2D eigenvalue weighted by Gasteiger charge is 2.69. The molecule has 7 N–H and O–H groups in total. The van der Waals surface area contributed by atoms with Crippen LogP contribution in [-0.4, -0.2) is 242 Å². The van der Waals surface area contributed by atoms with Gasteiger partial charge in [0.15, 0.2) is 5.79 Å². The number of urea groups is 1. The number of nitrogens with one attached hydrogen (secondary N) is 4. The quantitative estimate of drug-likeness (QED) is 0.0572. The molecule has 12 aliphatic rings. The summed E-state index contributed by atoms with van der Waals surface area (Å²) in [6.07, 6.45) is 3.90. The van der Waals surface area contributed by atoms with Crippen LogP contribution >= 0.6 is 0 Å². The van der Waals surface area contributed by atoms with Gasteiger partial charge >= 0.3 is 6.03 Å². The summed E-state index contributed by atoms with van der Waals surface area (Å²) in [6, 6.07) is -2.96. The van der Waals surface area contributed by atoms with Gasteiger partial charge in [-0.25, -0.2) is 4.79 Å². The largest absolute Gasteiger partial charge is 0.391 e. The number of aliphatic hydroxyl groups is 1. The monoisotopic (exact) mass is 1280 g/mol. The molecule has 12 heterocycles. The normalized spacial score (nSPS) is 37.5. The van der Waals surface area contributed by atoms with Crippen molar-refractivity contribution < 1.29 is 86.1 Å². The molecule has 26 heteroatoms. The number of piperazine rings is 1. The second-order valence-electron chi connectivity index (χ2n) is 27.6. The summed E-state index contributed by atoms with van der Waals surface area (Å²) in [4.78, 5) is 109. The van der Waals surface area contributed by atoms with E-state index in [4.69, 9.17) is 48.4 Å². The average molecular weight is 1280 g/mol. The highest BCUT2D eigenvalue weighted by atomic mass is 16.8. The molecular weight excluding hydrogens is 1180 g/mol. The Hall–Kier alpha value is -5.26. The van der Waals surface area contributed by atoms with Crippen molar-refractivity contribution in [2.75, 3.05) is 59.5 Å². The van der Waals surface area contributed by atoms with Crippen molar-refractivity contribution >= 4 is 47.3 Å². The molecule has 11 saturated heterocycles. The van der Waals surface area contributed by atoms with E-state index in [0.29, 0.717) is 64.7 Å². The second kappa shape index (κ2) is 29.2. The number of amides is 8. The van der Waals surface area contributed by atoms with Crippen LogP contribution < -0.4 is 27.0 Å². The van der Waals surface area contributed by atoms with Gasteiger partial charge in [0.05, 0.1) is 73.7 Å². The third kappa shape index (κ3) is 15.6. The maximum Gasteiger partial charge on any atom is 0.312 e. The number of carbonyl (C=O) groups excluding carboxylic acids is 8. The topological polar surface area (TPSA) is 324 Å². The van der Waals surface area contributed by atoms with Crippen LogP contribution in [0.25, 0.3) is 0 Å². The van der Waals surface area contributed by atoms with Crippen LogP contribution in [0, 0.1) is 17.8 Å². The zero-order valence-electron chi connectivity index (χ0n) is 53.2. The number of hydrogen-bond acceptors (Lipinski definition) is 19. The fourth-order valence-corrected chi connectivity index (χ4v) is 16.0. The lowest BCUT2D eigenvalue weighted by molar-refractivity contribution is -0.292. The Labute approximate surface area is 532 Å². The fourth-order valence-electron chi connectivity index (χ4n) is 16.0. The van der Waals surface area contributed by atoms with Crippen LogP contribution in [0.4, 0.5) is 4.79 Å². The summed E-state index contributed by atoms with van der Waals surface area (Å²) >= 11 is 0. The number of ether oxygens (including phenoxy) is 9. The first-order valence-electron chi connectivity index (χ1n) is 33.4. The minimum Gasteiger partial charge on any atom is -0.391 e. The molecule has 0 aliphatic carbocycles. The van der Waals surface area contributed by atoms with E-state index in [1.807, 2.05) is 4.90 Å². The molecule has 26 nitrogen and oxygen atoms in total. The molecule has 12 aliphatic heterocycles. The van der Waals surface area contributed by atoms with E-state index in [1.54, 1.807) is 25.9 Å². The van der Waals surface area contributed by atoms with Crippen LogP contribution in [0.1, 0.15) is 130 Å². The zero-order chi connectivity index (χ0) is 64.4. The van der Waals surface area contributed by atoms with Crippen molar-refractivity contribution in [3.8, 4) is 0 Å². The lowest BCUT2D eigenvalue weighted by Crippen LogP contribution is -2.61. The van der Waals surface area contributed by atoms with E-state index < -0.39 is 114 Å². The summed E-state index contributed by atoms with van der Waals surface area (Å²) < 4.78 is 61.0. The van der Waals surface area contributed by atoms with Crippen molar-refractivity contribution in [3.63, 3.8) is 0 Å². The molecule has 0 aromatic heterocycles. The molecule has 12 rings (SSSR count). The average Bonchev–Trinajstić information content (AvgIpc) is 1.55. The Bertz CT molecular complexity index is 2740. The standard InChI is InChI=1S/C65H96N8O18/c1-34(2)55(70-51(76)33-71-21-23-72(24-22-71)52(77)10-8-20-73-53(78)15-16-54(73)79)63(81)69-44(9-7-19-67-64(66)82)62(80)68-32-39(75)29-49-56(83-6)43-28-38(74)27-41-12-14-46-57(86-41)61-60-59(88-46)58-50(89-60)31-65(90-58,91-61)18-17-42-26-36(4)45(84-42)13-11-40-25-35(3)37(5)47(85-40)30-48(43)87-49/h15-16,34-35,39-50,55-61,75H,4-5,7-14,17-33H2,1-3,6H3,(H,68,80)(H,69,81)(H,70,76)(H3,66,67,82)/t35-,39+,40+,41-,42+,43+,44+,45+,46+,47-,48+,49-,50-,55+,56-,57+,58+,59?,60?,61+,65+/m1/s1. The third-order valence-corrected chi connectivity index (χ3v) is 20.8. The Morgan fingerprint density at radius 3 is 2.22 bits per heavy atom. The molecule has 91 heavy (non-hydrogen) atoms. The minimum atomic E-state index is -1.18. The van der Waals surface area contributed by atoms with Crippen LogP contribution in [0.3, 0.4) is 0 Å². The number of hydrogen-bond donors (Lipinski definition) is 6. The van der Waals surface area contributed by atoms with Crippen LogP contribution in [0.15, 0.2) is 36.5 Å². The Morgan fingerprint density at radius 2 is 1.47 bits per heavy atom. The molecule has 21 atom stereocenters. The number of nitrogens with zero attached hydrogens (tertiary/aromatic N) is 3. The maximum absolute atomic E-state index is 14.6. The fraction of sp³-hybridized carbons (Fsp3) is 0.785. The summed E-state index contributed by atoms with van der Waals surface area (Å²) in [5.74, 6) is -4.18. The number of Topliss-reactive ketones (excluding diaryl/α,β-unsaturated/α-hetero) is 1. The molecule has 8 amide bonds. The summed E-state index contributed by atoms with van der Waals surface area (Å²) in [5, 5.41) is 22.8. The Morgan fingerprint density at radius 1 is 0.758 bits per heavy atom. The smallest absolute Gasteiger partial charge is 0.312 e. The van der Waals surface area contributed by atoms with Gasteiger partial charge in [0.2, 0.25) is 23.6 Å². The lowest BCUT2D eigenvalue weighted by atomic mass is 9.81. The number of primary amides is 1. The molecule has 0 radical (unpaired) electrons. The van der Waals surface area contributed by atoms with Gasteiger partial charge in [0, 0.05) is 116 Å². The Kier molecular flexibility index (Phi) is 21.5. The molecule has 11 fully saturated rings. The first-order chi connectivity index (χ1) is 43.6. The highest BCUT2D eigenvalue weighted by molar-refractivity contribution is 6.12. The molecule has 0 aromatic carbocycles. The summed E-state index contributed by atoms with van der Waals surface area (Å²) in [5.41, 5.74) is 7.34. The lowest BCUT2D eigenvalue weighted by Gasteiger charge is -2.47. The second-order valence-corrected chi connectivity index (χ2v) is 27.6. The number of aliphatic hydroxyl groups excluding tert-OH is 1. The number of rotatable bonds is 20. The van der Waals surface area contributed by atoms with Gasteiger partial charge in [-0.05, 0) is 87.2 Å². The number of nitrogens with two attached hydrogens (primary N) is 1. The number of imide groups is 1. The van der Waals surface area contributed by atoms with Crippen molar-refractivity contribution in [2.24, 2.45) is 23.5 Å². The van der Waals surface area contributed by atoms with E-state index in [1.165, 1.54) is 12.2 Å². The molecular formula is C65H96N8O18. The zero-order valence-corrected chi connectivity index (χ0v) is 53.2. The van der Waals surface area contributed by atoms with Gasteiger partial charge < -0.3 is 79.6 Å². The van der Waals surface area contributed by atoms with Gasteiger partial charge in [0.1, 0.15) is 48.4 Å². The van der Waals surface area contributed by atoms with Gasteiger partial charge in [-0.1, -0.05) is 33.9 Å². The molecule has 12 bridgehead atoms. The van der Waals surface area contributed by atoms with E-state index in [2.05, 4.69) is 41.3 Å². The maximum atomic E-state index is 14.6. The third-order valence-electron chi connectivity index (χ3n) is 20.8. The minimum absolute atomic E-state index is 0.0146. The highest BCUT2D eigenvalue weighted by Crippen LogP contribution is 2.54. The summed E-state index contributed by atoms with van der Waals surface area (Å²) in [6.45, 7) is 16.2. The first kappa shape index (κ1) is 67.2. The number of methoxy groups -OCH3 is 1. The van der Waals surface area contributed by atoms with Crippen LogP contribution in [0.2, 0.25) is 0 Å². The Balaban J connectivity index is 0.718. The molecule has 2 unspecified atom stereocenters. The van der Waals surface area contributed by atoms with Gasteiger partial charge in [0.25, 0.3) is 11.8 Å². The van der Waals surface area contributed by atoms with Crippen molar-refractivity contribution in [1.82, 2.24) is 36.0 Å². The van der Waals surface area contributed by atoms with E-state index in [9.17, 15) is 43.5 Å². The predicted molar refractivity (Wildman–Crippen MR) is 324 cm³/mol. The number of carbonyl (C=O) groups is 8. The van der Waals surface area contributed by atoms with Crippen molar-refractivity contribution in [1.29, 1.82) is 0 Å². The molecule has 0 aromatic rings. The summed E-state index contributed by atoms with van der Waals surface area (Å²) in [7, 11) is 1.57.